The summed E-state index contributed by atoms with van der Waals surface area (Å²) in [5, 5.41) is 3.68. The molecule has 0 saturated carbocycles. The molecule has 0 saturated heterocycles. The van der Waals surface area contributed by atoms with Gasteiger partial charge in [-0.2, -0.15) is 0 Å². The summed E-state index contributed by atoms with van der Waals surface area (Å²) in [6.07, 6.45) is 0.588. The molecule has 0 aliphatic heterocycles. The van der Waals surface area contributed by atoms with E-state index in [-0.39, 0.29) is 30.7 Å². The zero-order chi connectivity index (χ0) is 22.3. The summed E-state index contributed by atoms with van der Waals surface area (Å²) >= 11 is 0. The van der Waals surface area contributed by atoms with Gasteiger partial charge in [-0.25, -0.2) is 31.7 Å². The van der Waals surface area contributed by atoms with Crippen molar-refractivity contribution in [2.75, 3.05) is 26.5 Å². The van der Waals surface area contributed by atoms with Crippen LogP contribution in [0.2, 0.25) is 0 Å². The number of rotatable bonds is 10. The molecule has 13 heteroatoms. The zero-order valence-corrected chi connectivity index (χ0v) is 17.6. The molecule has 30 heavy (non-hydrogen) atoms. The number of carbonyl (C=O) groups is 1. The van der Waals surface area contributed by atoms with E-state index in [1.807, 2.05) is 6.92 Å². The summed E-state index contributed by atoms with van der Waals surface area (Å²) in [5.74, 6) is -0.290. The highest BCUT2D eigenvalue weighted by molar-refractivity contribution is 7.90. The SMILES string of the molecule is CCCOc1cccc(OCCF)c1S(=O)(=O)NC(=O)n1nc(OCC)n(C)c1=O. The summed E-state index contributed by atoms with van der Waals surface area (Å²) in [7, 11) is -3.27. The Bertz CT molecular complexity index is 1020. The van der Waals surface area contributed by atoms with Gasteiger partial charge in [0, 0.05) is 7.05 Å². The molecule has 0 fully saturated rings. The predicted octanol–water partition coefficient (Wildman–Crippen LogP) is 1.06. The van der Waals surface area contributed by atoms with Crippen LogP contribution < -0.4 is 24.6 Å². The smallest absolute Gasteiger partial charge is 0.360 e. The average molecular weight is 446 g/mol. The van der Waals surface area contributed by atoms with Crippen LogP contribution in [-0.2, 0) is 17.1 Å². The molecule has 0 bridgehead atoms. The minimum Gasteiger partial charge on any atom is -0.492 e. The summed E-state index contributed by atoms with van der Waals surface area (Å²) in [6.45, 7) is 2.60. The Kier molecular flexibility index (Phi) is 7.80. The first-order valence-corrected chi connectivity index (χ1v) is 10.6. The second-order valence-electron chi connectivity index (χ2n) is 5.85. The van der Waals surface area contributed by atoms with Gasteiger partial charge in [0.25, 0.3) is 10.0 Å². The van der Waals surface area contributed by atoms with Gasteiger partial charge in [-0.1, -0.05) is 13.0 Å². The standard InChI is InChI=1S/C17H23FN4O7S/c1-4-10-28-12-7-6-8-13(29-11-9-18)14(12)30(25,26)20-15(23)22-17(24)21(3)16(19-22)27-5-2/h6-8H,4-5,9-11H2,1-3H3,(H,20,23). The molecular formula is C17H23FN4O7S. The van der Waals surface area contributed by atoms with Crippen molar-refractivity contribution in [2.24, 2.45) is 7.05 Å². The van der Waals surface area contributed by atoms with Crippen molar-refractivity contribution in [1.82, 2.24) is 19.1 Å². The predicted molar refractivity (Wildman–Crippen MR) is 103 cm³/mol. The quantitative estimate of drug-likeness (QED) is 0.573. The van der Waals surface area contributed by atoms with Crippen molar-refractivity contribution < 1.29 is 31.8 Å². The molecule has 2 aromatic rings. The van der Waals surface area contributed by atoms with Crippen LogP contribution in [0.25, 0.3) is 0 Å². The van der Waals surface area contributed by atoms with Crippen LogP contribution in [0.15, 0.2) is 27.9 Å². The molecule has 1 N–H and O–H groups in total. The highest BCUT2D eigenvalue weighted by atomic mass is 32.2. The molecule has 0 radical (unpaired) electrons. The average Bonchev–Trinajstić information content (AvgIpc) is 2.99. The lowest BCUT2D eigenvalue weighted by Crippen LogP contribution is -2.40. The monoisotopic (exact) mass is 446 g/mol. The van der Waals surface area contributed by atoms with Crippen LogP contribution in [0, 0.1) is 0 Å². The third-order valence-electron chi connectivity index (χ3n) is 3.64. The number of amides is 1. The number of hydrogen-bond acceptors (Lipinski definition) is 8. The maximum absolute atomic E-state index is 12.9. The molecule has 166 valence electrons. The number of ether oxygens (including phenoxy) is 3. The van der Waals surface area contributed by atoms with E-state index < -0.39 is 39.9 Å². The van der Waals surface area contributed by atoms with Gasteiger partial charge in [-0.15, -0.1) is 9.78 Å². The van der Waals surface area contributed by atoms with Crippen LogP contribution in [0.5, 0.6) is 17.5 Å². The van der Waals surface area contributed by atoms with Gasteiger partial charge in [0.05, 0.1) is 13.2 Å². The first kappa shape index (κ1) is 23.2. The number of halogens is 1. The van der Waals surface area contributed by atoms with Gasteiger partial charge in [0.1, 0.15) is 24.8 Å². The third-order valence-corrected chi connectivity index (χ3v) is 5.02. The Labute approximate surface area is 172 Å². The lowest BCUT2D eigenvalue weighted by atomic mass is 10.3. The van der Waals surface area contributed by atoms with Gasteiger partial charge in [0.2, 0.25) is 0 Å². The lowest BCUT2D eigenvalue weighted by molar-refractivity contribution is 0.242. The van der Waals surface area contributed by atoms with E-state index >= 15 is 0 Å². The number of carbonyl (C=O) groups excluding carboxylic acids is 1. The maximum Gasteiger partial charge on any atom is 0.360 e. The van der Waals surface area contributed by atoms with E-state index in [9.17, 15) is 22.4 Å². The van der Waals surface area contributed by atoms with E-state index in [0.717, 1.165) is 4.57 Å². The van der Waals surface area contributed by atoms with Crippen LogP contribution in [0.1, 0.15) is 20.3 Å². The van der Waals surface area contributed by atoms with E-state index in [1.165, 1.54) is 25.2 Å². The molecule has 1 heterocycles. The van der Waals surface area contributed by atoms with E-state index in [1.54, 1.807) is 11.6 Å². The fourth-order valence-electron chi connectivity index (χ4n) is 2.36. The minimum atomic E-state index is -4.58. The van der Waals surface area contributed by atoms with Gasteiger partial charge < -0.3 is 14.2 Å². The Hall–Kier alpha value is -3.09. The lowest BCUT2D eigenvalue weighted by Gasteiger charge is -2.16. The number of hydrogen-bond donors (Lipinski definition) is 1. The molecule has 0 aliphatic rings. The largest absolute Gasteiger partial charge is 0.492 e. The number of benzene rings is 1. The number of nitrogens with zero attached hydrogens (tertiary/aromatic N) is 3. The third kappa shape index (κ3) is 5.09. The van der Waals surface area contributed by atoms with Crippen molar-refractivity contribution in [1.29, 1.82) is 0 Å². The molecule has 0 spiro atoms. The van der Waals surface area contributed by atoms with Gasteiger partial charge in [-0.05, 0) is 25.5 Å². The summed E-state index contributed by atoms with van der Waals surface area (Å²) in [6, 6.07) is 2.65. The number of sulfonamides is 1. The first-order chi connectivity index (χ1) is 14.3. The summed E-state index contributed by atoms with van der Waals surface area (Å²) in [4.78, 5) is 24.2. The fourth-order valence-corrected chi connectivity index (χ4v) is 3.57. The van der Waals surface area contributed by atoms with E-state index in [2.05, 4.69) is 5.10 Å². The summed E-state index contributed by atoms with van der Waals surface area (Å²) < 4.78 is 57.2. The van der Waals surface area contributed by atoms with Crippen LogP contribution in [0.3, 0.4) is 0 Å². The molecule has 11 nitrogen and oxygen atoms in total. The van der Waals surface area contributed by atoms with E-state index in [0.29, 0.717) is 11.1 Å². The highest BCUT2D eigenvalue weighted by Crippen LogP contribution is 2.33. The molecule has 1 aromatic heterocycles. The Morgan fingerprint density at radius 1 is 1.17 bits per heavy atom. The highest BCUT2D eigenvalue weighted by Gasteiger charge is 2.29. The fraction of sp³-hybridized carbons (Fsp3) is 0.471. The molecule has 0 aliphatic carbocycles. The van der Waals surface area contributed by atoms with Gasteiger partial charge in [0.15, 0.2) is 4.90 Å². The van der Waals surface area contributed by atoms with Crippen molar-refractivity contribution in [3.05, 3.63) is 28.7 Å². The van der Waals surface area contributed by atoms with Crippen molar-refractivity contribution in [2.45, 2.75) is 25.2 Å². The summed E-state index contributed by atoms with van der Waals surface area (Å²) in [5.41, 5.74) is -0.907. The van der Waals surface area contributed by atoms with Crippen molar-refractivity contribution >= 4 is 16.1 Å². The molecule has 2 rings (SSSR count). The molecule has 1 aromatic carbocycles. The van der Waals surface area contributed by atoms with Gasteiger partial charge in [-0.3, -0.25) is 0 Å². The van der Waals surface area contributed by atoms with Crippen LogP contribution in [-0.4, -0.2) is 55.3 Å². The second kappa shape index (κ2) is 10.1. The minimum absolute atomic E-state index is 0.0862. The molecule has 0 atom stereocenters. The Morgan fingerprint density at radius 2 is 1.80 bits per heavy atom. The molecular weight excluding hydrogens is 423 g/mol. The number of aromatic nitrogens is 3. The number of nitrogens with one attached hydrogen (secondary N) is 1. The van der Waals surface area contributed by atoms with Crippen LogP contribution in [0.4, 0.5) is 9.18 Å². The Morgan fingerprint density at radius 3 is 2.37 bits per heavy atom. The molecule has 0 unspecified atom stereocenters. The maximum atomic E-state index is 12.9. The first-order valence-electron chi connectivity index (χ1n) is 9.07. The van der Waals surface area contributed by atoms with Gasteiger partial charge >= 0.3 is 17.7 Å². The number of alkyl halides is 1. The normalized spacial score (nSPS) is 11.2. The topological polar surface area (TPSA) is 131 Å². The van der Waals surface area contributed by atoms with Crippen LogP contribution >= 0.6 is 0 Å². The van der Waals surface area contributed by atoms with Crippen molar-refractivity contribution in [3.8, 4) is 17.5 Å². The molecule has 1 amide bonds. The Balaban J connectivity index is 2.44. The zero-order valence-electron chi connectivity index (χ0n) is 16.8. The van der Waals surface area contributed by atoms with E-state index in [4.69, 9.17) is 14.2 Å². The second-order valence-corrected chi connectivity index (χ2v) is 7.47. The van der Waals surface area contributed by atoms with Crippen molar-refractivity contribution in [3.63, 3.8) is 0 Å².